The highest BCUT2D eigenvalue weighted by molar-refractivity contribution is 5.80. The van der Waals surface area contributed by atoms with Gasteiger partial charge in [-0.05, 0) is 18.6 Å². The van der Waals surface area contributed by atoms with E-state index in [1.54, 1.807) is 12.5 Å². The van der Waals surface area contributed by atoms with Gasteiger partial charge in [0.15, 0.2) is 5.96 Å². The van der Waals surface area contributed by atoms with Crippen LogP contribution in [0.1, 0.15) is 17.9 Å². The minimum absolute atomic E-state index is 0.814. The highest BCUT2D eigenvalue weighted by Crippen LogP contribution is 2.08. The van der Waals surface area contributed by atoms with Crippen molar-refractivity contribution < 1.29 is 13.7 Å². The first kappa shape index (κ1) is 21.9. The number of hydrogen-bond acceptors (Lipinski definition) is 7. The second kappa shape index (κ2) is 11.9. The minimum Gasteiger partial charge on any atom is -0.469 e. The zero-order valence-corrected chi connectivity index (χ0v) is 18.2. The van der Waals surface area contributed by atoms with Crippen molar-refractivity contribution in [2.45, 2.75) is 19.4 Å². The first-order valence-corrected chi connectivity index (χ1v) is 11.3. The van der Waals surface area contributed by atoms with Crippen molar-refractivity contribution in [3.63, 3.8) is 0 Å². The molecule has 2 aliphatic heterocycles. The predicted molar refractivity (Wildman–Crippen MR) is 118 cm³/mol. The summed E-state index contributed by atoms with van der Waals surface area (Å²) < 4.78 is 15.8. The molecule has 1 N–H and O–H groups in total. The average Bonchev–Trinajstić information content (AvgIpc) is 3.51. The van der Waals surface area contributed by atoms with E-state index in [-0.39, 0.29) is 0 Å². The minimum atomic E-state index is 0.814. The largest absolute Gasteiger partial charge is 0.469 e. The fraction of sp³-hybridized carbons (Fsp3) is 0.636. The van der Waals surface area contributed by atoms with Crippen molar-refractivity contribution in [3.8, 4) is 0 Å². The Kier molecular flexibility index (Phi) is 8.37. The molecule has 0 aromatic carbocycles. The second-order valence-corrected chi connectivity index (χ2v) is 8.02. The molecule has 9 nitrogen and oxygen atoms in total. The maximum Gasteiger partial charge on any atom is 0.194 e. The fourth-order valence-electron chi connectivity index (χ4n) is 3.99. The van der Waals surface area contributed by atoms with E-state index in [1.807, 2.05) is 18.2 Å². The van der Waals surface area contributed by atoms with E-state index in [1.165, 1.54) is 0 Å². The van der Waals surface area contributed by atoms with Crippen LogP contribution in [0.4, 0.5) is 0 Å². The van der Waals surface area contributed by atoms with E-state index < -0.39 is 0 Å². The summed E-state index contributed by atoms with van der Waals surface area (Å²) in [5.41, 5.74) is 0.988. The number of nitrogens with one attached hydrogen (secondary N) is 1. The number of rotatable bonds is 9. The molecule has 2 saturated heterocycles. The van der Waals surface area contributed by atoms with Gasteiger partial charge in [0.25, 0.3) is 0 Å². The summed E-state index contributed by atoms with van der Waals surface area (Å²) in [7, 11) is 0. The summed E-state index contributed by atoms with van der Waals surface area (Å²) in [6.45, 7) is 11.2. The lowest BCUT2D eigenvalue weighted by Crippen LogP contribution is -2.52. The Morgan fingerprint density at radius 1 is 1.03 bits per heavy atom. The van der Waals surface area contributed by atoms with E-state index in [0.29, 0.717) is 0 Å². The normalized spacial score (nSPS) is 19.1. The molecule has 0 saturated carbocycles. The van der Waals surface area contributed by atoms with Gasteiger partial charge < -0.3 is 23.9 Å². The van der Waals surface area contributed by atoms with Crippen molar-refractivity contribution in [1.29, 1.82) is 0 Å². The summed E-state index contributed by atoms with van der Waals surface area (Å²) >= 11 is 0. The number of morpholine rings is 1. The molecule has 4 heterocycles. The number of ether oxygens (including phenoxy) is 1. The maximum absolute atomic E-state index is 5.46. The smallest absolute Gasteiger partial charge is 0.194 e. The number of furan rings is 1. The van der Waals surface area contributed by atoms with Gasteiger partial charge in [-0.25, -0.2) is 0 Å². The van der Waals surface area contributed by atoms with Gasteiger partial charge >= 0.3 is 0 Å². The fourth-order valence-corrected chi connectivity index (χ4v) is 3.99. The lowest BCUT2D eigenvalue weighted by Gasteiger charge is -2.36. The Hall–Kier alpha value is -2.36. The van der Waals surface area contributed by atoms with Gasteiger partial charge in [0.2, 0.25) is 0 Å². The standard InChI is InChI=1S/C22H34N6O3/c1-3-21(30-15-1)4-7-24-22(23-6-2-8-26-13-17-29-18-14-26)28-11-9-27(10-12-28)19-20-5-16-31-25-20/h1,3,5,15-16H,2,4,6-14,17-19H2,(H,23,24). The summed E-state index contributed by atoms with van der Waals surface area (Å²) in [5, 5.41) is 7.59. The molecule has 0 aliphatic carbocycles. The SMILES string of the molecule is c1coc(CCNC(=NCCCN2CCOCC2)N2CCN(Cc3ccon3)CC2)c1. The van der Waals surface area contributed by atoms with Crippen molar-refractivity contribution in [2.24, 2.45) is 4.99 Å². The molecule has 2 fully saturated rings. The Bertz CT molecular complexity index is 750. The Morgan fingerprint density at radius 2 is 1.90 bits per heavy atom. The van der Waals surface area contributed by atoms with Gasteiger partial charge in [-0.3, -0.25) is 14.8 Å². The van der Waals surface area contributed by atoms with Gasteiger partial charge in [-0.1, -0.05) is 5.16 Å². The van der Waals surface area contributed by atoms with Crippen LogP contribution in [0.25, 0.3) is 0 Å². The molecule has 0 spiro atoms. The highest BCUT2D eigenvalue weighted by atomic mass is 16.5. The Morgan fingerprint density at radius 3 is 2.65 bits per heavy atom. The first-order chi connectivity index (χ1) is 15.4. The van der Waals surface area contributed by atoms with Crippen molar-refractivity contribution in [2.75, 3.05) is 72.1 Å². The molecular formula is C22H34N6O3. The number of aliphatic imine (C=N–C) groups is 1. The predicted octanol–water partition coefficient (Wildman–Crippen LogP) is 1.30. The lowest BCUT2D eigenvalue weighted by molar-refractivity contribution is 0.0377. The van der Waals surface area contributed by atoms with E-state index in [2.05, 4.69) is 25.2 Å². The van der Waals surface area contributed by atoms with Crippen molar-refractivity contribution in [1.82, 2.24) is 25.2 Å². The zero-order chi connectivity index (χ0) is 21.1. The molecule has 2 aromatic rings. The van der Waals surface area contributed by atoms with Gasteiger partial charge in [0.05, 0.1) is 25.2 Å². The van der Waals surface area contributed by atoms with Crippen LogP contribution in [0, 0.1) is 0 Å². The van der Waals surface area contributed by atoms with Crippen LogP contribution in [-0.4, -0.2) is 97.9 Å². The maximum atomic E-state index is 5.46. The van der Waals surface area contributed by atoms with Crippen molar-refractivity contribution in [3.05, 3.63) is 42.2 Å². The highest BCUT2D eigenvalue weighted by Gasteiger charge is 2.20. The van der Waals surface area contributed by atoms with Gasteiger partial charge in [0.1, 0.15) is 12.0 Å². The Labute approximate surface area is 184 Å². The van der Waals surface area contributed by atoms with Crippen LogP contribution in [0.5, 0.6) is 0 Å². The monoisotopic (exact) mass is 430 g/mol. The van der Waals surface area contributed by atoms with E-state index in [0.717, 1.165) is 109 Å². The lowest BCUT2D eigenvalue weighted by atomic mass is 10.3. The van der Waals surface area contributed by atoms with Gasteiger partial charge in [-0.15, -0.1) is 0 Å². The molecular weight excluding hydrogens is 396 g/mol. The molecule has 0 unspecified atom stereocenters. The number of nitrogens with zero attached hydrogens (tertiary/aromatic N) is 5. The van der Waals surface area contributed by atoms with Crippen LogP contribution >= 0.6 is 0 Å². The first-order valence-electron chi connectivity index (χ1n) is 11.3. The van der Waals surface area contributed by atoms with Gasteiger partial charge in [0, 0.05) is 77.9 Å². The number of hydrogen-bond donors (Lipinski definition) is 1. The summed E-state index contributed by atoms with van der Waals surface area (Å²) in [6, 6.07) is 5.89. The van der Waals surface area contributed by atoms with Crippen molar-refractivity contribution >= 4 is 5.96 Å². The zero-order valence-electron chi connectivity index (χ0n) is 18.2. The summed E-state index contributed by atoms with van der Waals surface area (Å²) in [4.78, 5) is 12.2. The molecule has 0 amide bonds. The molecule has 0 radical (unpaired) electrons. The summed E-state index contributed by atoms with van der Waals surface area (Å²) in [6.07, 6.45) is 5.28. The summed E-state index contributed by atoms with van der Waals surface area (Å²) in [5.74, 6) is 2.01. The molecule has 170 valence electrons. The average molecular weight is 431 g/mol. The van der Waals surface area contributed by atoms with E-state index in [9.17, 15) is 0 Å². The topological polar surface area (TPSA) is 82.5 Å². The molecule has 9 heteroatoms. The third-order valence-corrected chi connectivity index (χ3v) is 5.78. The molecule has 31 heavy (non-hydrogen) atoms. The second-order valence-electron chi connectivity index (χ2n) is 8.02. The van der Waals surface area contributed by atoms with Crippen LogP contribution in [0.15, 0.2) is 44.7 Å². The molecule has 0 bridgehead atoms. The van der Waals surface area contributed by atoms with E-state index in [4.69, 9.17) is 18.7 Å². The van der Waals surface area contributed by atoms with Crippen LogP contribution in [-0.2, 0) is 17.7 Å². The molecule has 2 aliphatic rings. The third kappa shape index (κ3) is 7.09. The van der Waals surface area contributed by atoms with E-state index >= 15 is 0 Å². The number of aromatic nitrogens is 1. The molecule has 2 aromatic heterocycles. The number of guanidine groups is 1. The molecule has 0 atom stereocenters. The van der Waals surface area contributed by atoms with Gasteiger partial charge in [-0.2, -0.15) is 0 Å². The third-order valence-electron chi connectivity index (χ3n) is 5.78. The number of piperazine rings is 1. The Balaban J connectivity index is 1.26. The quantitative estimate of drug-likeness (QED) is 0.362. The van der Waals surface area contributed by atoms with Crippen LogP contribution in [0.2, 0.25) is 0 Å². The van der Waals surface area contributed by atoms with Crippen LogP contribution in [0.3, 0.4) is 0 Å². The molecule has 4 rings (SSSR count). The van der Waals surface area contributed by atoms with Crippen LogP contribution < -0.4 is 5.32 Å².